The van der Waals surface area contributed by atoms with Crippen LogP contribution in [0.4, 0.5) is 0 Å². The van der Waals surface area contributed by atoms with E-state index in [1.807, 2.05) is 36.1 Å². The highest BCUT2D eigenvalue weighted by Crippen LogP contribution is 2.36. The normalized spacial score (nSPS) is 22.9. The van der Waals surface area contributed by atoms with Gasteiger partial charge in [0.05, 0.1) is 11.2 Å². The molecule has 1 saturated carbocycles. The first-order valence-corrected chi connectivity index (χ1v) is 8.86. The number of allylic oxidation sites excluding steroid dienone is 2. The predicted octanol–water partition coefficient (Wildman–Crippen LogP) is 4.76. The molecule has 116 valence electrons. The van der Waals surface area contributed by atoms with Gasteiger partial charge in [0.1, 0.15) is 10.1 Å². The Balaban J connectivity index is 1.76. The van der Waals surface area contributed by atoms with E-state index in [0.29, 0.717) is 10.4 Å². The minimum Gasteiger partial charge on any atom is -0.465 e. The van der Waals surface area contributed by atoms with E-state index in [1.54, 1.807) is 6.26 Å². The van der Waals surface area contributed by atoms with Gasteiger partial charge in [0, 0.05) is 6.04 Å². The lowest BCUT2D eigenvalue weighted by atomic mass is 9.94. The van der Waals surface area contributed by atoms with Crippen LogP contribution >= 0.6 is 24.0 Å². The summed E-state index contributed by atoms with van der Waals surface area (Å²) in [6.07, 6.45) is 11.3. The molecule has 0 aromatic carbocycles. The third-order valence-electron chi connectivity index (χ3n) is 4.04. The van der Waals surface area contributed by atoms with E-state index in [1.165, 1.54) is 31.0 Å². The third-order valence-corrected chi connectivity index (χ3v) is 5.37. The molecule has 5 heteroatoms. The second-order valence-electron chi connectivity index (χ2n) is 5.75. The summed E-state index contributed by atoms with van der Waals surface area (Å²) in [7, 11) is 0. The number of thioether (sulfide) groups is 1. The summed E-state index contributed by atoms with van der Waals surface area (Å²) < 4.78 is 6.00. The van der Waals surface area contributed by atoms with Crippen LogP contribution in [0.25, 0.3) is 6.08 Å². The summed E-state index contributed by atoms with van der Waals surface area (Å²) in [6.45, 7) is 1.97. The third kappa shape index (κ3) is 3.36. The molecule has 0 bridgehead atoms. The maximum atomic E-state index is 12.7. The maximum Gasteiger partial charge on any atom is 0.266 e. The fraction of sp³-hybridized carbons (Fsp3) is 0.412. The number of amides is 1. The average molecular weight is 333 g/mol. The number of nitrogens with zero attached hydrogens (tertiary/aromatic N) is 1. The van der Waals surface area contributed by atoms with Crippen LogP contribution in [0, 0.1) is 0 Å². The summed E-state index contributed by atoms with van der Waals surface area (Å²) in [6, 6.07) is 4.04. The van der Waals surface area contributed by atoms with Crippen molar-refractivity contribution >= 4 is 40.3 Å². The lowest BCUT2D eigenvalue weighted by Crippen LogP contribution is -2.39. The largest absolute Gasteiger partial charge is 0.465 e. The fourth-order valence-electron chi connectivity index (χ4n) is 2.98. The van der Waals surface area contributed by atoms with Crippen LogP contribution in [0.5, 0.6) is 0 Å². The molecule has 1 aromatic rings. The van der Waals surface area contributed by atoms with Gasteiger partial charge in [-0.2, -0.15) is 0 Å². The highest BCUT2D eigenvalue weighted by molar-refractivity contribution is 8.26. The molecule has 0 unspecified atom stereocenters. The zero-order valence-corrected chi connectivity index (χ0v) is 14.2. The Hall–Kier alpha value is -1.33. The molecule has 0 atom stereocenters. The molecule has 1 aromatic heterocycles. The summed E-state index contributed by atoms with van der Waals surface area (Å²) in [5.74, 6) is 0.852. The molecule has 0 spiro atoms. The number of furan rings is 1. The lowest BCUT2D eigenvalue weighted by molar-refractivity contribution is -0.124. The van der Waals surface area contributed by atoms with Crippen molar-refractivity contribution < 1.29 is 9.21 Å². The lowest BCUT2D eigenvalue weighted by Gasteiger charge is -2.29. The monoisotopic (exact) mass is 333 g/mol. The van der Waals surface area contributed by atoms with Gasteiger partial charge in [0.2, 0.25) is 0 Å². The highest BCUT2D eigenvalue weighted by Gasteiger charge is 2.37. The summed E-state index contributed by atoms with van der Waals surface area (Å²) in [5, 5.41) is 0. The van der Waals surface area contributed by atoms with Crippen molar-refractivity contribution in [1.29, 1.82) is 0 Å². The summed E-state index contributed by atoms with van der Waals surface area (Å²) >= 11 is 6.85. The molecule has 3 rings (SSSR count). The van der Waals surface area contributed by atoms with Crippen molar-refractivity contribution in [3.05, 3.63) is 40.7 Å². The minimum atomic E-state index is 0.0640. The zero-order valence-electron chi connectivity index (χ0n) is 12.6. The van der Waals surface area contributed by atoms with Crippen LogP contribution in [-0.2, 0) is 4.79 Å². The van der Waals surface area contributed by atoms with Crippen LogP contribution in [0.1, 0.15) is 44.8 Å². The van der Waals surface area contributed by atoms with E-state index in [0.717, 1.165) is 29.1 Å². The van der Waals surface area contributed by atoms with Crippen molar-refractivity contribution in [2.24, 2.45) is 0 Å². The van der Waals surface area contributed by atoms with Gasteiger partial charge < -0.3 is 4.42 Å². The Kier molecular flexibility index (Phi) is 4.84. The molecule has 2 fully saturated rings. The van der Waals surface area contributed by atoms with Gasteiger partial charge in [-0.3, -0.25) is 9.69 Å². The van der Waals surface area contributed by atoms with E-state index in [2.05, 4.69) is 0 Å². The van der Waals surface area contributed by atoms with Gasteiger partial charge in [-0.15, -0.1) is 0 Å². The van der Waals surface area contributed by atoms with E-state index in [9.17, 15) is 4.79 Å². The highest BCUT2D eigenvalue weighted by atomic mass is 32.2. The number of carbonyl (C=O) groups is 1. The molecule has 2 heterocycles. The Morgan fingerprint density at radius 2 is 2.18 bits per heavy atom. The molecule has 1 saturated heterocycles. The Morgan fingerprint density at radius 1 is 1.41 bits per heavy atom. The fourth-order valence-corrected chi connectivity index (χ4v) is 4.43. The van der Waals surface area contributed by atoms with Crippen molar-refractivity contribution in [2.45, 2.75) is 45.1 Å². The number of thiocarbonyl (C=S) groups is 1. The van der Waals surface area contributed by atoms with Crippen LogP contribution in [0.2, 0.25) is 0 Å². The van der Waals surface area contributed by atoms with Crippen LogP contribution in [0.15, 0.2) is 39.4 Å². The number of carbonyl (C=O) groups excluding carboxylic acids is 1. The molecule has 0 radical (unpaired) electrons. The van der Waals surface area contributed by atoms with Crippen LogP contribution in [-0.4, -0.2) is 21.2 Å². The van der Waals surface area contributed by atoms with Gasteiger partial charge >= 0.3 is 0 Å². The van der Waals surface area contributed by atoms with Crippen LogP contribution in [0.3, 0.4) is 0 Å². The number of rotatable bonds is 3. The van der Waals surface area contributed by atoms with Gasteiger partial charge in [-0.05, 0) is 49.6 Å². The second kappa shape index (κ2) is 6.84. The number of hydrogen-bond acceptors (Lipinski definition) is 4. The van der Waals surface area contributed by atoms with E-state index in [-0.39, 0.29) is 5.91 Å². The maximum absolute atomic E-state index is 12.7. The van der Waals surface area contributed by atoms with Gasteiger partial charge in [-0.25, -0.2) is 0 Å². The first-order chi connectivity index (χ1) is 10.6. The van der Waals surface area contributed by atoms with Crippen LogP contribution < -0.4 is 0 Å². The second-order valence-corrected chi connectivity index (χ2v) is 7.42. The molecular formula is C17H19NO2S2. The topological polar surface area (TPSA) is 33.5 Å². The van der Waals surface area contributed by atoms with Gasteiger partial charge in [0.25, 0.3) is 5.91 Å². The SMILES string of the molecule is CC(/C=C1\SC(=S)N(C2CCCCC2)C1=O)=C\c1ccco1. The van der Waals surface area contributed by atoms with Gasteiger partial charge in [0.15, 0.2) is 0 Å². The van der Waals surface area contributed by atoms with E-state index < -0.39 is 0 Å². The summed E-state index contributed by atoms with van der Waals surface area (Å²) in [4.78, 5) is 15.2. The van der Waals surface area contributed by atoms with Crippen molar-refractivity contribution in [3.8, 4) is 0 Å². The van der Waals surface area contributed by atoms with E-state index >= 15 is 0 Å². The predicted molar refractivity (Wildman–Crippen MR) is 94.4 cm³/mol. The average Bonchev–Trinajstić information content (AvgIpc) is 3.09. The Labute approximate surface area is 140 Å². The quantitative estimate of drug-likeness (QED) is 0.590. The molecule has 2 aliphatic rings. The molecule has 3 nitrogen and oxygen atoms in total. The minimum absolute atomic E-state index is 0.0640. The number of hydrogen-bond donors (Lipinski definition) is 0. The molecule has 1 aliphatic heterocycles. The van der Waals surface area contributed by atoms with E-state index in [4.69, 9.17) is 16.6 Å². The molecule has 0 N–H and O–H groups in total. The first kappa shape index (κ1) is 15.6. The van der Waals surface area contributed by atoms with Crippen molar-refractivity contribution in [1.82, 2.24) is 4.90 Å². The van der Waals surface area contributed by atoms with Gasteiger partial charge in [-0.1, -0.05) is 43.2 Å². The Bertz CT molecular complexity index is 625. The van der Waals surface area contributed by atoms with Crippen molar-refractivity contribution in [2.75, 3.05) is 0 Å². The molecule has 22 heavy (non-hydrogen) atoms. The first-order valence-electron chi connectivity index (χ1n) is 7.64. The smallest absolute Gasteiger partial charge is 0.266 e. The molecule has 1 aliphatic carbocycles. The Morgan fingerprint density at radius 3 is 2.86 bits per heavy atom. The van der Waals surface area contributed by atoms with Crippen molar-refractivity contribution in [3.63, 3.8) is 0 Å². The standard InChI is InChI=1S/C17H19NO2S2/c1-12(10-14-8-5-9-20-14)11-15-16(19)18(17(21)22-15)13-6-3-2-4-7-13/h5,8-11,13H,2-4,6-7H2,1H3/b12-10+,15-11-. The summed E-state index contributed by atoms with van der Waals surface area (Å²) in [5.41, 5.74) is 0.985. The molecule has 1 amide bonds. The zero-order chi connectivity index (χ0) is 15.5. The molecular weight excluding hydrogens is 314 g/mol.